The van der Waals surface area contributed by atoms with Crippen molar-refractivity contribution < 1.29 is 0 Å². The molecule has 1 aromatic rings. The van der Waals surface area contributed by atoms with E-state index in [1.165, 1.54) is 11.3 Å². The van der Waals surface area contributed by atoms with Gasteiger partial charge >= 0.3 is 0 Å². The van der Waals surface area contributed by atoms with Crippen LogP contribution in [0.4, 0.5) is 0 Å². The molecule has 4 heteroatoms. The maximum absolute atomic E-state index is 5.84. The van der Waals surface area contributed by atoms with Gasteiger partial charge in [0, 0.05) is 4.83 Å². The molecule has 0 aliphatic heterocycles. The fourth-order valence-corrected chi connectivity index (χ4v) is 2.91. The first-order valence-corrected chi connectivity index (χ1v) is 5.19. The Morgan fingerprint density at radius 3 is 2.40 bits per heavy atom. The fraction of sp³-hybridized carbons (Fsp3) is 0.333. The second-order valence-corrected chi connectivity index (χ2v) is 5.55. The summed E-state index contributed by atoms with van der Waals surface area (Å²) in [5.41, 5.74) is 1.07. The maximum atomic E-state index is 5.84. The van der Waals surface area contributed by atoms with E-state index in [0.29, 0.717) is 0 Å². The quantitative estimate of drug-likeness (QED) is 0.651. The number of alkyl halides is 1. The van der Waals surface area contributed by atoms with Gasteiger partial charge in [-0.15, -0.1) is 11.3 Å². The highest BCUT2D eigenvalue weighted by Gasteiger charge is 2.09. The lowest BCUT2D eigenvalue weighted by atomic mass is 10.3. The molecule has 1 aromatic heterocycles. The summed E-state index contributed by atoms with van der Waals surface area (Å²) in [7, 11) is 0. The van der Waals surface area contributed by atoms with Gasteiger partial charge in [0.1, 0.15) is 0 Å². The van der Waals surface area contributed by atoms with E-state index in [1.807, 2.05) is 13.0 Å². The number of hydrogen-bond acceptors (Lipinski definition) is 1. The molecule has 0 unspecified atom stereocenters. The molecule has 0 aliphatic rings. The van der Waals surface area contributed by atoms with Crippen molar-refractivity contribution in [1.82, 2.24) is 0 Å². The Morgan fingerprint density at radius 2 is 2.20 bits per heavy atom. The standard InChI is InChI=1S/C6H5BrCl2S/c1-3(7)4-2-5(8)10-6(4)9/h2-3H,1H3/t3-/m1/s1. The minimum atomic E-state index is 0.281. The topological polar surface area (TPSA) is 0 Å². The summed E-state index contributed by atoms with van der Waals surface area (Å²) in [5, 5.41) is 0. The van der Waals surface area contributed by atoms with Gasteiger partial charge in [0.05, 0.1) is 8.67 Å². The fourth-order valence-electron chi connectivity index (χ4n) is 0.624. The summed E-state index contributed by atoms with van der Waals surface area (Å²) >= 11 is 16.4. The molecule has 0 aromatic carbocycles. The molecular weight excluding hydrogens is 255 g/mol. The van der Waals surface area contributed by atoms with Crippen molar-refractivity contribution in [3.63, 3.8) is 0 Å². The lowest BCUT2D eigenvalue weighted by molar-refractivity contribution is 1.14. The Labute approximate surface area is 82.3 Å². The molecule has 1 atom stereocenters. The molecule has 0 radical (unpaired) electrons. The van der Waals surface area contributed by atoms with Gasteiger partial charge < -0.3 is 0 Å². The Hall–Kier alpha value is 0.760. The van der Waals surface area contributed by atoms with E-state index in [4.69, 9.17) is 23.2 Å². The smallest absolute Gasteiger partial charge is 0.0987 e. The molecule has 56 valence electrons. The minimum Gasteiger partial charge on any atom is -0.111 e. The highest BCUT2D eigenvalue weighted by atomic mass is 79.9. The van der Waals surface area contributed by atoms with Gasteiger partial charge in [-0.05, 0) is 18.6 Å². The summed E-state index contributed by atoms with van der Waals surface area (Å²) < 4.78 is 1.51. The van der Waals surface area contributed by atoms with Gasteiger partial charge in [0.15, 0.2) is 0 Å². The maximum Gasteiger partial charge on any atom is 0.0987 e. The summed E-state index contributed by atoms with van der Waals surface area (Å²) in [5.74, 6) is 0. The lowest BCUT2D eigenvalue weighted by Gasteiger charge is -1.97. The van der Waals surface area contributed by atoms with Crippen molar-refractivity contribution in [1.29, 1.82) is 0 Å². The summed E-state index contributed by atoms with van der Waals surface area (Å²) in [4.78, 5) is 0.281. The summed E-state index contributed by atoms with van der Waals surface area (Å²) in [6, 6.07) is 1.88. The Bertz CT molecular complexity index is 232. The molecule has 0 saturated heterocycles. The van der Waals surface area contributed by atoms with Crippen molar-refractivity contribution in [2.24, 2.45) is 0 Å². The highest BCUT2D eigenvalue weighted by molar-refractivity contribution is 9.09. The first kappa shape index (κ1) is 8.85. The zero-order valence-corrected chi connectivity index (χ0v) is 9.11. The molecule has 0 spiro atoms. The van der Waals surface area contributed by atoms with Crippen LogP contribution in [0.2, 0.25) is 8.67 Å². The van der Waals surface area contributed by atoms with Gasteiger partial charge in [-0.3, -0.25) is 0 Å². The van der Waals surface area contributed by atoms with E-state index < -0.39 is 0 Å². The minimum absolute atomic E-state index is 0.281. The second kappa shape index (κ2) is 3.44. The Balaban J connectivity index is 3.03. The largest absolute Gasteiger partial charge is 0.111 e. The van der Waals surface area contributed by atoms with E-state index >= 15 is 0 Å². The first-order chi connectivity index (χ1) is 4.61. The van der Waals surface area contributed by atoms with Crippen molar-refractivity contribution in [2.45, 2.75) is 11.8 Å². The average molecular weight is 260 g/mol. The molecule has 0 bridgehead atoms. The first-order valence-electron chi connectivity index (χ1n) is 2.70. The Morgan fingerprint density at radius 1 is 1.60 bits per heavy atom. The Kier molecular flexibility index (Phi) is 3.04. The van der Waals surface area contributed by atoms with Crippen LogP contribution < -0.4 is 0 Å². The van der Waals surface area contributed by atoms with Gasteiger partial charge in [0.2, 0.25) is 0 Å². The van der Waals surface area contributed by atoms with Crippen LogP contribution in [-0.4, -0.2) is 0 Å². The average Bonchev–Trinajstić information content (AvgIpc) is 2.10. The van der Waals surface area contributed by atoms with Crippen LogP contribution in [0.1, 0.15) is 17.3 Å². The van der Waals surface area contributed by atoms with Crippen molar-refractivity contribution in [3.8, 4) is 0 Å². The lowest BCUT2D eigenvalue weighted by Crippen LogP contribution is -1.77. The van der Waals surface area contributed by atoms with E-state index in [2.05, 4.69) is 15.9 Å². The van der Waals surface area contributed by atoms with Crippen molar-refractivity contribution >= 4 is 50.5 Å². The van der Waals surface area contributed by atoms with E-state index in [9.17, 15) is 0 Å². The summed E-state index contributed by atoms with van der Waals surface area (Å²) in [6.07, 6.45) is 0. The SMILES string of the molecule is C[C@@H](Br)c1cc(Cl)sc1Cl. The van der Waals surface area contributed by atoms with Crippen LogP contribution >= 0.6 is 50.5 Å². The van der Waals surface area contributed by atoms with Crippen LogP contribution in [0.3, 0.4) is 0 Å². The van der Waals surface area contributed by atoms with E-state index in [0.717, 1.165) is 14.2 Å². The molecule has 0 N–H and O–H groups in total. The molecule has 0 fully saturated rings. The van der Waals surface area contributed by atoms with Crippen molar-refractivity contribution in [3.05, 3.63) is 20.3 Å². The molecule has 10 heavy (non-hydrogen) atoms. The highest BCUT2D eigenvalue weighted by Crippen LogP contribution is 2.37. The molecule has 1 heterocycles. The van der Waals surface area contributed by atoms with Gasteiger partial charge in [-0.1, -0.05) is 39.1 Å². The third kappa shape index (κ3) is 1.88. The number of rotatable bonds is 1. The molecule has 0 saturated carbocycles. The third-order valence-electron chi connectivity index (χ3n) is 1.11. The predicted molar refractivity (Wildman–Crippen MR) is 51.7 cm³/mol. The molecule has 0 aliphatic carbocycles. The number of thiophene rings is 1. The molecular formula is C6H5BrCl2S. The van der Waals surface area contributed by atoms with Gasteiger partial charge in [0.25, 0.3) is 0 Å². The zero-order chi connectivity index (χ0) is 7.72. The van der Waals surface area contributed by atoms with Crippen LogP contribution in [0.25, 0.3) is 0 Å². The normalized spacial score (nSPS) is 13.6. The third-order valence-corrected chi connectivity index (χ3v) is 3.12. The van der Waals surface area contributed by atoms with Crippen LogP contribution in [0.15, 0.2) is 6.07 Å². The monoisotopic (exact) mass is 258 g/mol. The molecule has 0 amide bonds. The van der Waals surface area contributed by atoms with Gasteiger partial charge in [-0.25, -0.2) is 0 Å². The van der Waals surface area contributed by atoms with Gasteiger partial charge in [-0.2, -0.15) is 0 Å². The van der Waals surface area contributed by atoms with Crippen LogP contribution in [0, 0.1) is 0 Å². The van der Waals surface area contributed by atoms with E-state index in [-0.39, 0.29) is 4.83 Å². The summed E-state index contributed by atoms with van der Waals surface area (Å²) in [6.45, 7) is 2.02. The number of halogens is 3. The predicted octanol–water partition coefficient (Wildman–Crippen LogP) is 4.51. The van der Waals surface area contributed by atoms with E-state index in [1.54, 1.807) is 0 Å². The van der Waals surface area contributed by atoms with Crippen LogP contribution in [0.5, 0.6) is 0 Å². The van der Waals surface area contributed by atoms with Crippen LogP contribution in [-0.2, 0) is 0 Å². The molecule has 0 nitrogen and oxygen atoms in total. The zero-order valence-electron chi connectivity index (χ0n) is 5.20. The van der Waals surface area contributed by atoms with Crippen molar-refractivity contribution in [2.75, 3.05) is 0 Å². The molecule has 1 rings (SSSR count). The second-order valence-electron chi connectivity index (χ2n) is 1.90. The number of hydrogen-bond donors (Lipinski definition) is 0.